The topological polar surface area (TPSA) is 178 Å². The highest BCUT2D eigenvalue weighted by molar-refractivity contribution is 7.80. The molecule has 6 unspecified atom stereocenters. The molecule has 61 heavy (non-hydrogen) atoms. The van der Waals surface area contributed by atoms with Gasteiger partial charge in [-0.25, -0.2) is 4.18 Å². The molecule has 1 rings (SSSR count). The van der Waals surface area contributed by atoms with Crippen molar-refractivity contribution in [2.45, 2.75) is 211 Å². The third-order valence-corrected chi connectivity index (χ3v) is 10.8. The van der Waals surface area contributed by atoms with Crippen LogP contribution in [0.3, 0.4) is 0 Å². The van der Waals surface area contributed by atoms with Gasteiger partial charge in [0.15, 0.2) is 6.29 Å². The van der Waals surface area contributed by atoms with Crippen molar-refractivity contribution in [3.63, 3.8) is 0 Å². The Morgan fingerprint density at radius 2 is 1.13 bits per heavy atom. The summed E-state index contributed by atoms with van der Waals surface area (Å²) < 4.78 is 59.1. The van der Waals surface area contributed by atoms with Gasteiger partial charge in [0.2, 0.25) is 0 Å². The lowest BCUT2D eigenvalue weighted by atomic mass is 9.99. The molecule has 4 N–H and O–H groups in total. The van der Waals surface area contributed by atoms with Crippen LogP contribution in [-0.2, 0) is 38.3 Å². The largest absolute Gasteiger partial charge is 0.457 e. The second-order valence-corrected chi connectivity index (χ2v) is 17.0. The molecule has 354 valence electrons. The van der Waals surface area contributed by atoms with Crippen LogP contribution in [0.4, 0.5) is 0 Å². The molecule has 13 heteroatoms. The number of hydrogen-bond donors (Lipinski definition) is 4. The summed E-state index contributed by atoms with van der Waals surface area (Å²) in [5.74, 6) is -0.412. The zero-order valence-electron chi connectivity index (χ0n) is 37.7. The summed E-state index contributed by atoms with van der Waals surface area (Å²) in [6.45, 7) is 3.82. The molecule has 0 aromatic carbocycles. The summed E-state index contributed by atoms with van der Waals surface area (Å²) in [5.41, 5.74) is 0. The molecule has 0 bridgehead atoms. The number of rotatable bonds is 40. The predicted molar refractivity (Wildman–Crippen MR) is 243 cm³/mol. The molecule has 0 aromatic heterocycles. The molecular weight excluding hydrogens is 801 g/mol. The van der Waals surface area contributed by atoms with Crippen molar-refractivity contribution in [3.05, 3.63) is 60.8 Å². The molecule has 1 aliphatic heterocycles. The van der Waals surface area contributed by atoms with E-state index in [4.69, 9.17) is 23.5 Å². The van der Waals surface area contributed by atoms with Gasteiger partial charge in [0.05, 0.1) is 19.8 Å². The first kappa shape index (κ1) is 56.8. The first-order chi connectivity index (χ1) is 29.6. The van der Waals surface area contributed by atoms with E-state index in [1.54, 1.807) is 0 Å². The Hall–Kier alpha value is -2.20. The Morgan fingerprint density at radius 1 is 0.639 bits per heavy atom. The summed E-state index contributed by atoms with van der Waals surface area (Å²) in [4.78, 5) is 12.9. The number of esters is 1. The van der Waals surface area contributed by atoms with E-state index in [1.165, 1.54) is 70.6 Å². The average molecular weight is 885 g/mol. The van der Waals surface area contributed by atoms with Crippen LogP contribution in [0.5, 0.6) is 0 Å². The molecule has 6 atom stereocenters. The standard InChI is InChI=1S/C48H84O12S/c1-3-5-7-9-11-13-15-17-18-19-20-21-22-23-24-25-27-29-31-33-35-37-44(50)58-42(40-56-38-36-34-32-30-28-26-16-14-12-10-8-6-4-2)41-57-48-46(52)47(60-61(53,54)55)45(51)43(39-49)59-48/h5,7,11-14,17-18,20-21,42-43,45-49,51-52H,3-4,6,8-10,15-16,19,22-41H2,1-2H3,(H,53,54,55)/b7-5-,13-11-,14-12-,18-17-,21-20-. The molecule has 1 fully saturated rings. The molecular formula is C48H84O12S. The third-order valence-electron chi connectivity index (χ3n) is 10.4. The van der Waals surface area contributed by atoms with Crippen molar-refractivity contribution in [2.24, 2.45) is 0 Å². The number of ether oxygens (including phenoxy) is 4. The Morgan fingerprint density at radius 3 is 1.67 bits per heavy atom. The van der Waals surface area contributed by atoms with Crippen LogP contribution in [0.2, 0.25) is 0 Å². The van der Waals surface area contributed by atoms with Crippen LogP contribution in [0, 0.1) is 0 Å². The molecule has 0 aliphatic carbocycles. The highest BCUT2D eigenvalue weighted by Crippen LogP contribution is 2.26. The van der Waals surface area contributed by atoms with Gasteiger partial charge in [0.25, 0.3) is 0 Å². The van der Waals surface area contributed by atoms with E-state index in [0.29, 0.717) is 13.0 Å². The van der Waals surface area contributed by atoms with Crippen molar-refractivity contribution in [2.75, 3.05) is 26.4 Å². The van der Waals surface area contributed by atoms with Crippen LogP contribution in [-0.4, -0.2) is 97.5 Å². The molecule has 0 spiro atoms. The number of aliphatic hydroxyl groups excluding tert-OH is 3. The molecule has 0 aromatic rings. The number of carbonyl (C=O) groups excluding carboxylic acids is 1. The van der Waals surface area contributed by atoms with E-state index in [0.717, 1.165) is 77.0 Å². The minimum atomic E-state index is -5.07. The monoisotopic (exact) mass is 885 g/mol. The first-order valence-corrected chi connectivity index (χ1v) is 24.9. The van der Waals surface area contributed by atoms with Gasteiger partial charge in [0.1, 0.15) is 30.5 Å². The quantitative estimate of drug-likeness (QED) is 0.0198. The molecule has 12 nitrogen and oxygen atoms in total. The number of allylic oxidation sites excluding steroid dienone is 10. The van der Waals surface area contributed by atoms with Gasteiger partial charge < -0.3 is 34.3 Å². The van der Waals surface area contributed by atoms with Crippen molar-refractivity contribution < 1.29 is 56.2 Å². The van der Waals surface area contributed by atoms with Crippen molar-refractivity contribution >= 4 is 16.4 Å². The number of unbranched alkanes of at least 4 members (excludes halogenated alkanes) is 17. The number of hydrogen-bond acceptors (Lipinski definition) is 11. The molecule has 0 saturated carbocycles. The van der Waals surface area contributed by atoms with E-state index in [-0.39, 0.29) is 19.6 Å². The van der Waals surface area contributed by atoms with E-state index < -0.39 is 59.8 Å². The van der Waals surface area contributed by atoms with Gasteiger partial charge in [-0.05, 0) is 77.0 Å². The van der Waals surface area contributed by atoms with Gasteiger partial charge in [-0.2, -0.15) is 8.42 Å². The van der Waals surface area contributed by atoms with Gasteiger partial charge in [-0.15, -0.1) is 0 Å². The molecule has 1 heterocycles. The Bertz CT molecular complexity index is 1300. The molecule has 0 radical (unpaired) electrons. The highest BCUT2D eigenvalue weighted by atomic mass is 32.3. The number of carbonyl (C=O) groups is 1. The van der Waals surface area contributed by atoms with Crippen LogP contribution in [0.1, 0.15) is 174 Å². The Kier molecular flexibility index (Phi) is 36.7. The van der Waals surface area contributed by atoms with Crippen LogP contribution in [0.15, 0.2) is 60.8 Å². The minimum Gasteiger partial charge on any atom is -0.457 e. The van der Waals surface area contributed by atoms with Crippen LogP contribution in [0.25, 0.3) is 0 Å². The van der Waals surface area contributed by atoms with Crippen molar-refractivity contribution in [3.8, 4) is 0 Å². The lowest BCUT2D eigenvalue weighted by molar-refractivity contribution is -0.301. The van der Waals surface area contributed by atoms with Gasteiger partial charge in [-0.3, -0.25) is 9.35 Å². The Balaban J connectivity index is 2.40. The summed E-state index contributed by atoms with van der Waals surface area (Å²) in [5, 5.41) is 30.7. The summed E-state index contributed by atoms with van der Waals surface area (Å²) in [7, 11) is -5.07. The second-order valence-electron chi connectivity index (χ2n) is 16.0. The summed E-state index contributed by atoms with van der Waals surface area (Å²) in [6, 6.07) is 0. The predicted octanol–water partition coefficient (Wildman–Crippen LogP) is 10.1. The van der Waals surface area contributed by atoms with Gasteiger partial charge >= 0.3 is 16.4 Å². The maximum Gasteiger partial charge on any atom is 0.397 e. The normalized spacial score (nSPS) is 20.7. The second kappa shape index (κ2) is 39.4. The van der Waals surface area contributed by atoms with E-state index >= 15 is 0 Å². The first-order valence-electron chi connectivity index (χ1n) is 23.5. The Labute approximate surface area is 369 Å². The number of aliphatic hydroxyl groups is 3. The van der Waals surface area contributed by atoms with Crippen molar-refractivity contribution in [1.82, 2.24) is 0 Å². The third kappa shape index (κ3) is 33.0. The SMILES string of the molecule is CC/C=C\C/C=C\C/C=C\C/C=C\CCCCCCCCCCC(=O)OC(COCCCCCCCC/C=C\CCCCC)COC1OC(CO)C(O)C(OS(=O)(=O)O)C1O. The van der Waals surface area contributed by atoms with E-state index in [1.807, 2.05) is 0 Å². The zero-order valence-corrected chi connectivity index (χ0v) is 38.5. The smallest absolute Gasteiger partial charge is 0.397 e. The molecule has 0 amide bonds. The molecule has 1 saturated heterocycles. The van der Waals surface area contributed by atoms with Gasteiger partial charge in [0, 0.05) is 13.0 Å². The fourth-order valence-electron chi connectivity index (χ4n) is 6.83. The average Bonchev–Trinajstić information content (AvgIpc) is 3.23. The zero-order chi connectivity index (χ0) is 44.7. The van der Waals surface area contributed by atoms with E-state index in [9.17, 15) is 28.5 Å². The maximum absolute atomic E-state index is 12.9. The summed E-state index contributed by atoms with van der Waals surface area (Å²) in [6.07, 6.45) is 39.6. The lowest BCUT2D eigenvalue weighted by Gasteiger charge is -2.41. The summed E-state index contributed by atoms with van der Waals surface area (Å²) >= 11 is 0. The van der Waals surface area contributed by atoms with Crippen LogP contribution < -0.4 is 0 Å². The van der Waals surface area contributed by atoms with Crippen molar-refractivity contribution in [1.29, 1.82) is 0 Å². The van der Waals surface area contributed by atoms with E-state index in [2.05, 4.69) is 78.8 Å². The fourth-order valence-corrected chi connectivity index (χ4v) is 7.34. The fraction of sp³-hybridized carbons (Fsp3) is 0.771. The lowest BCUT2D eigenvalue weighted by Crippen LogP contribution is -2.60. The maximum atomic E-state index is 12.9. The molecule has 1 aliphatic rings. The highest BCUT2D eigenvalue weighted by Gasteiger charge is 2.48. The minimum absolute atomic E-state index is 0.0262. The van der Waals surface area contributed by atoms with Crippen LogP contribution >= 0.6 is 0 Å². The van der Waals surface area contributed by atoms with Gasteiger partial charge in [-0.1, -0.05) is 152 Å².